The molecule has 0 saturated heterocycles. The summed E-state index contributed by atoms with van der Waals surface area (Å²) in [5.41, 5.74) is 1.20. The summed E-state index contributed by atoms with van der Waals surface area (Å²) in [6, 6.07) is 8.27. The van der Waals surface area contributed by atoms with E-state index < -0.39 is 6.10 Å². The van der Waals surface area contributed by atoms with Gasteiger partial charge in [0.1, 0.15) is 18.5 Å². The summed E-state index contributed by atoms with van der Waals surface area (Å²) in [5, 5.41) is 13.0. The molecule has 96 valence electrons. The number of benzene rings is 1. The highest BCUT2D eigenvalue weighted by atomic mass is 16.5. The Bertz CT molecular complexity index is 311. The molecule has 3 nitrogen and oxygen atoms in total. The van der Waals surface area contributed by atoms with Gasteiger partial charge in [-0.25, -0.2) is 0 Å². The third-order valence-electron chi connectivity index (χ3n) is 2.78. The van der Waals surface area contributed by atoms with Crippen LogP contribution in [0.2, 0.25) is 0 Å². The van der Waals surface area contributed by atoms with Crippen molar-refractivity contribution in [1.29, 1.82) is 0 Å². The molecule has 1 rings (SSSR count). The molecule has 0 aliphatic rings. The zero-order chi connectivity index (χ0) is 12.7. The zero-order valence-electron chi connectivity index (χ0n) is 10.9. The first-order chi connectivity index (χ1) is 8.11. The molecular weight excluding hydrogens is 214 g/mol. The monoisotopic (exact) mass is 237 g/mol. The van der Waals surface area contributed by atoms with Crippen LogP contribution < -0.4 is 10.1 Å². The SMILES string of the molecule is CC[C@H](C)NC[C@@H](O)COc1ccc(C)cc1. The van der Waals surface area contributed by atoms with Gasteiger partial charge < -0.3 is 15.2 Å². The van der Waals surface area contributed by atoms with E-state index in [0.29, 0.717) is 19.2 Å². The van der Waals surface area contributed by atoms with Gasteiger partial charge in [-0.2, -0.15) is 0 Å². The Balaban J connectivity index is 2.23. The zero-order valence-corrected chi connectivity index (χ0v) is 10.9. The van der Waals surface area contributed by atoms with Crippen LogP contribution in [0.5, 0.6) is 5.75 Å². The minimum atomic E-state index is -0.467. The van der Waals surface area contributed by atoms with Crippen molar-refractivity contribution in [2.75, 3.05) is 13.2 Å². The van der Waals surface area contributed by atoms with Crippen molar-refractivity contribution in [2.45, 2.75) is 39.3 Å². The Labute approximate surface area is 104 Å². The van der Waals surface area contributed by atoms with Crippen LogP contribution >= 0.6 is 0 Å². The quantitative estimate of drug-likeness (QED) is 0.763. The first-order valence-corrected chi connectivity index (χ1v) is 6.22. The number of aliphatic hydroxyl groups is 1. The second-order valence-corrected chi connectivity index (χ2v) is 4.50. The van der Waals surface area contributed by atoms with Crippen LogP contribution in [0.3, 0.4) is 0 Å². The van der Waals surface area contributed by atoms with Crippen LogP contribution in [-0.2, 0) is 0 Å². The summed E-state index contributed by atoms with van der Waals surface area (Å²) in [4.78, 5) is 0. The van der Waals surface area contributed by atoms with E-state index in [4.69, 9.17) is 4.74 Å². The van der Waals surface area contributed by atoms with Gasteiger partial charge in [0.15, 0.2) is 0 Å². The van der Waals surface area contributed by atoms with Crippen molar-refractivity contribution in [3.63, 3.8) is 0 Å². The van der Waals surface area contributed by atoms with Gasteiger partial charge in [-0.1, -0.05) is 24.6 Å². The number of ether oxygens (including phenoxy) is 1. The molecule has 17 heavy (non-hydrogen) atoms. The molecule has 0 saturated carbocycles. The maximum absolute atomic E-state index is 9.72. The molecule has 2 atom stereocenters. The fraction of sp³-hybridized carbons (Fsp3) is 0.571. The number of aryl methyl sites for hydroxylation is 1. The van der Waals surface area contributed by atoms with Crippen LogP contribution in [0.1, 0.15) is 25.8 Å². The van der Waals surface area contributed by atoms with E-state index in [1.807, 2.05) is 31.2 Å². The van der Waals surface area contributed by atoms with Crippen molar-refractivity contribution in [3.05, 3.63) is 29.8 Å². The fourth-order valence-electron chi connectivity index (χ4n) is 1.37. The van der Waals surface area contributed by atoms with E-state index in [-0.39, 0.29) is 0 Å². The molecule has 0 bridgehead atoms. The summed E-state index contributed by atoms with van der Waals surface area (Å²) in [7, 11) is 0. The lowest BCUT2D eigenvalue weighted by Gasteiger charge is -2.16. The lowest BCUT2D eigenvalue weighted by atomic mass is 10.2. The molecule has 0 aromatic heterocycles. The molecule has 0 fully saturated rings. The molecule has 1 aromatic rings. The molecule has 0 spiro atoms. The van der Waals surface area contributed by atoms with E-state index in [0.717, 1.165) is 12.2 Å². The standard InChI is InChI=1S/C14H23NO2/c1-4-12(3)15-9-13(16)10-17-14-7-5-11(2)6-8-14/h5-8,12-13,15-16H,4,9-10H2,1-3H3/t12-,13+/m0/s1. The third kappa shape index (κ3) is 5.71. The Morgan fingerprint density at radius 3 is 2.53 bits per heavy atom. The molecule has 0 unspecified atom stereocenters. The fourth-order valence-corrected chi connectivity index (χ4v) is 1.37. The van der Waals surface area contributed by atoms with Gasteiger partial charge in [0, 0.05) is 12.6 Å². The molecule has 0 amide bonds. The van der Waals surface area contributed by atoms with Gasteiger partial charge in [0.2, 0.25) is 0 Å². The van der Waals surface area contributed by atoms with Gasteiger partial charge in [-0.15, -0.1) is 0 Å². The van der Waals surface area contributed by atoms with Crippen molar-refractivity contribution in [3.8, 4) is 5.75 Å². The van der Waals surface area contributed by atoms with E-state index in [1.165, 1.54) is 5.56 Å². The maximum Gasteiger partial charge on any atom is 0.119 e. The minimum absolute atomic E-state index is 0.326. The van der Waals surface area contributed by atoms with Crippen LogP contribution in [0.25, 0.3) is 0 Å². The second-order valence-electron chi connectivity index (χ2n) is 4.50. The van der Waals surface area contributed by atoms with Gasteiger partial charge in [0.05, 0.1) is 0 Å². The lowest BCUT2D eigenvalue weighted by molar-refractivity contribution is 0.104. The molecular formula is C14H23NO2. The van der Waals surface area contributed by atoms with Crippen LogP contribution in [-0.4, -0.2) is 30.4 Å². The molecule has 0 aliphatic carbocycles. The van der Waals surface area contributed by atoms with Crippen LogP contribution in [0, 0.1) is 6.92 Å². The van der Waals surface area contributed by atoms with Crippen molar-refractivity contribution < 1.29 is 9.84 Å². The molecule has 0 aliphatic heterocycles. The molecule has 0 radical (unpaired) electrons. The highest BCUT2D eigenvalue weighted by molar-refractivity contribution is 5.26. The van der Waals surface area contributed by atoms with Crippen molar-refractivity contribution >= 4 is 0 Å². The summed E-state index contributed by atoms with van der Waals surface area (Å²) in [6.45, 7) is 7.16. The molecule has 0 heterocycles. The maximum atomic E-state index is 9.72. The number of hydrogen-bond acceptors (Lipinski definition) is 3. The third-order valence-corrected chi connectivity index (χ3v) is 2.78. The normalized spacial score (nSPS) is 14.4. The van der Waals surface area contributed by atoms with Gasteiger partial charge in [0.25, 0.3) is 0 Å². The van der Waals surface area contributed by atoms with Crippen molar-refractivity contribution in [1.82, 2.24) is 5.32 Å². The Kier molecular flexibility index (Phi) is 6.01. The van der Waals surface area contributed by atoms with Crippen molar-refractivity contribution in [2.24, 2.45) is 0 Å². The summed E-state index contributed by atoms with van der Waals surface area (Å²) in [5.74, 6) is 0.804. The molecule has 2 N–H and O–H groups in total. The summed E-state index contributed by atoms with van der Waals surface area (Å²) in [6.07, 6.45) is 0.594. The summed E-state index contributed by atoms with van der Waals surface area (Å²) >= 11 is 0. The van der Waals surface area contributed by atoms with Gasteiger partial charge >= 0.3 is 0 Å². The average Bonchev–Trinajstić information content (AvgIpc) is 2.35. The highest BCUT2D eigenvalue weighted by Crippen LogP contribution is 2.11. The first kappa shape index (κ1) is 14.0. The lowest BCUT2D eigenvalue weighted by Crippen LogP contribution is -2.36. The largest absolute Gasteiger partial charge is 0.491 e. The molecule has 3 heteroatoms. The Hall–Kier alpha value is -1.06. The van der Waals surface area contributed by atoms with E-state index in [9.17, 15) is 5.11 Å². The highest BCUT2D eigenvalue weighted by Gasteiger charge is 2.06. The first-order valence-electron chi connectivity index (χ1n) is 6.22. The summed E-state index contributed by atoms with van der Waals surface area (Å²) < 4.78 is 5.50. The van der Waals surface area contributed by atoms with Gasteiger partial charge in [-0.3, -0.25) is 0 Å². The predicted molar refractivity (Wildman–Crippen MR) is 70.4 cm³/mol. The number of rotatable bonds is 7. The molecule has 1 aromatic carbocycles. The Morgan fingerprint density at radius 2 is 1.94 bits per heavy atom. The van der Waals surface area contributed by atoms with Gasteiger partial charge in [-0.05, 0) is 32.4 Å². The number of aliphatic hydroxyl groups excluding tert-OH is 1. The Morgan fingerprint density at radius 1 is 1.29 bits per heavy atom. The minimum Gasteiger partial charge on any atom is -0.491 e. The smallest absolute Gasteiger partial charge is 0.119 e. The average molecular weight is 237 g/mol. The predicted octanol–water partition coefficient (Wildman–Crippen LogP) is 2.12. The van der Waals surface area contributed by atoms with E-state index in [1.54, 1.807) is 0 Å². The number of nitrogens with one attached hydrogen (secondary N) is 1. The van der Waals surface area contributed by atoms with E-state index in [2.05, 4.69) is 19.2 Å². The van der Waals surface area contributed by atoms with E-state index >= 15 is 0 Å². The topological polar surface area (TPSA) is 41.5 Å². The van der Waals surface area contributed by atoms with Crippen LogP contribution in [0.4, 0.5) is 0 Å². The number of hydrogen-bond donors (Lipinski definition) is 2. The van der Waals surface area contributed by atoms with Crippen LogP contribution in [0.15, 0.2) is 24.3 Å². The second kappa shape index (κ2) is 7.30.